The van der Waals surface area contributed by atoms with Crippen LogP contribution in [0.1, 0.15) is 31.1 Å². The van der Waals surface area contributed by atoms with Crippen molar-refractivity contribution >= 4 is 28.0 Å². The molecule has 0 amide bonds. The first-order valence-electron chi connectivity index (χ1n) is 12.4. The molecule has 1 saturated heterocycles. The first-order chi connectivity index (χ1) is 20.4. The Morgan fingerprint density at radius 2 is 1.12 bits per heavy atom. The molecule has 0 aromatic heterocycles. The molecule has 0 radical (unpaired) electrons. The van der Waals surface area contributed by atoms with E-state index in [1.54, 1.807) is 18.2 Å². The van der Waals surface area contributed by atoms with Gasteiger partial charge in [-0.3, -0.25) is 4.18 Å². The largest absolute Gasteiger partial charge is 0.523 e. The lowest BCUT2D eigenvalue weighted by Crippen LogP contribution is -2.63. The molecular weight excluding hydrogens is 601 g/mol. The fraction of sp³-hybridized carbons (Fsp3) is 0.250. The molecule has 3 aromatic carbocycles. The number of esters is 3. The minimum atomic E-state index is -6.44. The molecule has 1 heterocycles. The van der Waals surface area contributed by atoms with Crippen LogP contribution in [-0.2, 0) is 33.2 Å². The van der Waals surface area contributed by atoms with E-state index >= 15 is 0 Å². The van der Waals surface area contributed by atoms with Crippen LogP contribution in [0.15, 0.2) is 91.0 Å². The predicted octanol–water partition coefficient (Wildman–Crippen LogP) is 3.25. The number of carbonyl (C=O) groups is 3. The second-order valence-corrected chi connectivity index (χ2v) is 10.5. The van der Waals surface area contributed by atoms with Crippen molar-refractivity contribution in [2.75, 3.05) is 6.61 Å². The van der Waals surface area contributed by atoms with E-state index < -0.39 is 70.8 Å². The number of aliphatic hydroxyl groups excluding tert-OH is 1. The molecule has 3 aromatic rings. The summed E-state index contributed by atoms with van der Waals surface area (Å²) in [5.41, 5.74) is -6.13. The Labute approximate surface area is 242 Å². The van der Waals surface area contributed by atoms with E-state index in [1.165, 1.54) is 72.8 Å². The third-order valence-electron chi connectivity index (χ3n) is 6.02. The molecule has 0 bridgehead atoms. The van der Waals surface area contributed by atoms with Crippen molar-refractivity contribution in [3.05, 3.63) is 108 Å². The quantitative estimate of drug-likeness (QED) is 0.162. The van der Waals surface area contributed by atoms with Crippen molar-refractivity contribution in [1.29, 1.82) is 0 Å². The molecule has 1 aliphatic heterocycles. The summed E-state index contributed by atoms with van der Waals surface area (Å²) in [5, 5.41) is 10.7. The molecule has 0 spiro atoms. The maximum absolute atomic E-state index is 13.4. The highest BCUT2D eigenvalue weighted by atomic mass is 32.2. The fourth-order valence-electron chi connectivity index (χ4n) is 3.95. The van der Waals surface area contributed by atoms with Crippen LogP contribution in [0.25, 0.3) is 0 Å². The first-order valence-corrected chi connectivity index (χ1v) is 13.9. The van der Waals surface area contributed by atoms with Gasteiger partial charge in [0.1, 0.15) is 12.7 Å². The summed E-state index contributed by atoms with van der Waals surface area (Å²) in [6.07, 6.45) is -11.1. The zero-order chi connectivity index (χ0) is 31.2. The molecule has 0 aliphatic carbocycles. The second-order valence-electron chi connectivity index (χ2n) is 8.96. The number of hydrogen-bond donors (Lipinski definition) is 1. The number of carbonyl (C=O) groups excluding carboxylic acids is 3. The summed E-state index contributed by atoms with van der Waals surface area (Å²) in [5.74, 6) is -3.30. The Hall–Kier alpha value is -4.31. The van der Waals surface area contributed by atoms with Gasteiger partial charge < -0.3 is 24.1 Å². The maximum atomic E-state index is 13.4. The lowest BCUT2D eigenvalue weighted by molar-refractivity contribution is -0.280. The van der Waals surface area contributed by atoms with Crippen LogP contribution in [0.3, 0.4) is 0 Å². The predicted molar refractivity (Wildman–Crippen MR) is 139 cm³/mol. The van der Waals surface area contributed by atoms with Gasteiger partial charge in [0.15, 0.2) is 24.6 Å². The van der Waals surface area contributed by atoms with Crippen LogP contribution < -0.4 is 0 Å². The van der Waals surface area contributed by atoms with Crippen LogP contribution in [0.4, 0.5) is 13.2 Å². The van der Waals surface area contributed by atoms with E-state index in [4.69, 9.17) is 18.9 Å². The third kappa shape index (κ3) is 7.75. The highest BCUT2D eigenvalue weighted by Gasteiger charge is 2.57. The monoisotopic (exact) mass is 624 g/mol. The number of benzene rings is 3. The van der Waals surface area contributed by atoms with E-state index in [9.17, 15) is 41.1 Å². The minimum absolute atomic E-state index is 0.0683. The zero-order valence-electron chi connectivity index (χ0n) is 21.8. The van der Waals surface area contributed by atoms with Gasteiger partial charge in [-0.05, 0) is 36.4 Å². The Kier molecular flexibility index (Phi) is 9.80. The van der Waals surface area contributed by atoms with Crippen LogP contribution in [-0.4, -0.2) is 74.3 Å². The zero-order valence-corrected chi connectivity index (χ0v) is 22.6. The van der Waals surface area contributed by atoms with Gasteiger partial charge in [0.25, 0.3) is 0 Å². The molecule has 11 nitrogen and oxygen atoms in total. The van der Waals surface area contributed by atoms with Crippen molar-refractivity contribution in [3.63, 3.8) is 0 Å². The van der Waals surface area contributed by atoms with Crippen molar-refractivity contribution in [2.45, 2.75) is 36.2 Å². The SMILES string of the molecule is O=C(OC[C@H]1O[C@@H](O)[C@H](OC(=O)c2ccccc2)[C@@H](OS(=O)(=O)C(F)(F)F)[C@@H]1OC(=O)c1ccccc1)c1ccccc1. The first kappa shape index (κ1) is 31.6. The average molecular weight is 625 g/mol. The molecule has 5 atom stereocenters. The summed E-state index contributed by atoms with van der Waals surface area (Å²) < 4.78 is 90.1. The molecule has 228 valence electrons. The van der Waals surface area contributed by atoms with Gasteiger partial charge in [0.2, 0.25) is 0 Å². The Morgan fingerprint density at radius 3 is 1.56 bits per heavy atom. The number of rotatable bonds is 9. The molecular formula is C28H23F3O11S. The molecule has 15 heteroatoms. The maximum Gasteiger partial charge on any atom is 0.523 e. The second kappa shape index (κ2) is 13.3. The van der Waals surface area contributed by atoms with Crippen molar-refractivity contribution in [2.24, 2.45) is 0 Å². The number of hydrogen-bond acceptors (Lipinski definition) is 11. The van der Waals surface area contributed by atoms with E-state index in [1.807, 2.05) is 0 Å². The van der Waals surface area contributed by atoms with Gasteiger partial charge in [-0.2, -0.15) is 21.6 Å². The molecule has 43 heavy (non-hydrogen) atoms. The minimum Gasteiger partial charge on any atom is -0.459 e. The Balaban J connectivity index is 1.71. The smallest absolute Gasteiger partial charge is 0.459 e. The third-order valence-corrected chi connectivity index (χ3v) is 7.07. The van der Waals surface area contributed by atoms with Crippen LogP contribution in [0.5, 0.6) is 0 Å². The summed E-state index contributed by atoms with van der Waals surface area (Å²) >= 11 is 0. The Morgan fingerprint density at radius 1 is 0.698 bits per heavy atom. The summed E-state index contributed by atoms with van der Waals surface area (Å²) in [4.78, 5) is 38.3. The van der Waals surface area contributed by atoms with Gasteiger partial charge in [0, 0.05) is 0 Å². The molecule has 4 rings (SSSR count). The number of aliphatic hydroxyl groups is 1. The topological polar surface area (TPSA) is 152 Å². The van der Waals surface area contributed by atoms with E-state index in [0.717, 1.165) is 0 Å². The average Bonchev–Trinajstić information content (AvgIpc) is 2.99. The van der Waals surface area contributed by atoms with Gasteiger partial charge in [-0.1, -0.05) is 54.6 Å². The normalized spacial score (nSPS) is 22.3. The summed E-state index contributed by atoms with van der Waals surface area (Å²) in [7, 11) is -6.44. The standard InChI is InChI=1S/C28H23F3O11S/c29-28(30,31)43(36,37)42-22-21(40-25(33)18-12-6-2-7-13-18)20(16-38-24(32)17-10-4-1-5-11-17)39-27(35)23(22)41-26(34)19-14-8-3-9-15-19/h1-15,20-23,27,35H,16H2/t20-,21-,22+,23-,27-/m1/s1. The van der Waals surface area contributed by atoms with E-state index in [0.29, 0.717) is 0 Å². The highest BCUT2D eigenvalue weighted by molar-refractivity contribution is 7.87. The summed E-state index contributed by atoms with van der Waals surface area (Å²) in [6.45, 7) is -0.858. The van der Waals surface area contributed by atoms with Gasteiger partial charge >= 0.3 is 33.5 Å². The molecule has 1 fully saturated rings. The number of halogens is 3. The van der Waals surface area contributed by atoms with Gasteiger partial charge in [-0.15, -0.1) is 0 Å². The van der Waals surface area contributed by atoms with E-state index in [2.05, 4.69) is 4.18 Å². The van der Waals surface area contributed by atoms with Crippen molar-refractivity contribution < 1.29 is 64.2 Å². The molecule has 0 unspecified atom stereocenters. The fourth-order valence-corrected chi connectivity index (χ4v) is 4.58. The molecule has 0 saturated carbocycles. The van der Waals surface area contributed by atoms with Crippen LogP contribution in [0.2, 0.25) is 0 Å². The van der Waals surface area contributed by atoms with Crippen molar-refractivity contribution in [3.8, 4) is 0 Å². The van der Waals surface area contributed by atoms with Gasteiger partial charge in [-0.25, -0.2) is 14.4 Å². The Bertz CT molecular complexity index is 1520. The van der Waals surface area contributed by atoms with Crippen molar-refractivity contribution in [1.82, 2.24) is 0 Å². The highest BCUT2D eigenvalue weighted by Crippen LogP contribution is 2.34. The number of alkyl halides is 3. The van der Waals surface area contributed by atoms with Crippen LogP contribution in [0, 0.1) is 0 Å². The number of ether oxygens (including phenoxy) is 4. The lowest BCUT2D eigenvalue weighted by atomic mass is 9.98. The van der Waals surface area contributed by atoms with Crippen LogP contribution >= 0.6 is 0 Å². The van der Waals surface area contributed by atoms with Gasteiger partial charge in [0.05, 0.1) is 16.7 Å². The lowest BCUT2D eigenvalue weighted by Gasteiger charge is -2.42. The summed E-state index contributed by atoms with van der Waals surface area (Å²) in [6, 6.07) is 21.5. The molecule has 1 N–H and O–H groups in total. The molecule has 1 aliphatic rings. The van der Waals surface area contributed by atoms with E-state index in [-0.39, 0.29) is 16.7 Å².